The number of nitrogens with one attached hydrogen (secondary N) is 1. The van der Waals surface area contributed by atoms with Crippen LogP contribution in [0.2, 0.25) is 0 Å². The van der Waals surface area contributed by atoms with Gasteiger partial charge < -0.3 is 5.32 Å². The number of hydrogen-bond donors (Lipinski definition) is 1. The van der Waals surface area contributed by atoms with Gasteiger partial charge in [0.15, 0.2) is 0 Å². The van der Waals surface area contributed by atoms with Crippen LogP contribution in [-0.2, 0) is 31.3 Å². The first-order valence-electron chi connectivity index (χ1n) is 10.9. The summed E-state index contributed by atoms with van der Waals surface area (Å²) in [7, 11) is -6.12. The number of rotatable bonds is 9. The highest BCUT2D eigenvalue weighted by atomic mass is 32.2. The summed E-state index contributed by atoms with van der Waals surface area (Å²) in [6.07, 6.45) is 1.66. The maximum Gasteiger partial charge on any atom is 0.264 e. The number of carbonyl (C=O) groups is 1. The van der Waals surface area contributed by atoms with Crippen molar-refractivity contribution in [1.29, 1.82) is 0 Å². The monoisotopic (exact) mass is 515 g/mol. The van der Waals surface area contributed by atoms with Gasteiger partial charge in [0.05, 0.1) is 22.5 Å². The van der Waals surface area contributed by atoms with E-state index in [1.807, 2.05) is 26.0 Å². The molecule has 3 aromatic carbocycles. The first-order chi connectivity index (χ1) is 16.4. The van der Waals surface area contributed by atoms with E-state index < -0.39 is 32.5 Å². The van der Waals surface area contributed by atoms with Crippen LogP contribution in [0.15, 0.2) is 77.7 Å². The zero-order valence-corrected chi connectivity index (χ0v) is 21.7. The standard InChI is InChI=1S/C25H29N3O5S2/c1-5-20-9-6-7-12-24(20)28(35(32,33)23-15-13-19(2)14-16-23)18-25(29)26-21-10-8-11-22(17-21)27(3)34(4,30)31/h6-17H,5,18H2,1-4H3,(H,26,29). The van der Waals surface area contributed by atoms with Crippen molar-refractivity contribution in [3.05, 3.63) is 83.9 Å². The molecule has 0 aliphatic carbocycles. The van der Waals surface area contributed by atoms with Crippen LogP contribution in [0.25, 0.3) is 0 Å². The first kappa shape index (κ1) is 26.2. The highest BCUT2D eigenvalue weighted by molar-refractivity contribution is 7.93. The molecule has 3 rings (SSSR count). The molecule has 1 N–H and O–H groups in total. The SMILES string of the molecule is CCc1ccccc1N(CC(=O)Nc1cccc(N(C)S(C)(=O)=O)c1)S(=O)(=O)c1ccc(C)cc1. The van der Waals surface area contributed by atoms with Crippen LogP contribution in [0.4, 0.5) is 17.1 Å². The van der Waals surface area contributed by atoms with E-state index in [1.54, 1.807) is 42.5 Å². The Kier molecular flexibility index (Phi) is 7.86. The molecule has 0 radical (unpaired) electrons. The maximum atomic E-state index is 13.6. The molecule has 0 heterocycles. The molecule has 8 nitrogen and oxygen atoms in total. The molecule has 0 spiro atoms. The fourth-order valence-corrected chi connectivity index (χ4v) is 5.45. The van der Waals surface area contributed by atoms with Gasteiger partial charge in [-0.1, -0.05) is 48.9 Å². The van der Waals surface area contributed by atoms with Crippen molar-refractivity contribution in [2.24, 2.45) is 0 Å². The van der Waals surface area contributed by atoms with Crippen molar-refractivity contribution in [3.8, 4) is 0 Å². The molecule has 186 valence electrons. The second-order valence-electron chi connectivity index (χ2n) is 8.14. The van der Waals surface area contributed by atoms with Gasteiger partial charge in [-0.15, -0.1) is 0 Å². The van der Waals surface area contributed by atoms with E-state index in [4.69, 9.17) is 0 Å². The van der Waals surface area contributed by atoms with Gasteiger partial charge in [0, 0.05) is 12.7 Å². The molecule has 0 saturated heterocycles. The Bertz CT molecular complexity index is 1420. The maximum absolute atomic E-state index is 13.6. The fraction of sp³-hybridized carbons (Fsp3) is 0.240. The largest absolute Gasteiger partial charge is 0.324 e. The minimum atomic E-state index is -4.05. The minimum absolute atomic E-state index is 0.0820. The molecule has 0 bridgehead atoms. The van der Waals surface area contributed by atoms with Crippen LogP contribution in [0, 0.1) is 6.92 Å². The number of anilines is 3. The van der Waals surface area contributed by atoms with E-state index in [0.29, 0.717) is 23.5 Å². The van der Waals surface area contributed by atoms with Gasteiger partial charge in [-0.25, -0.2) is 16.8 Å². The first-order valence-corrected chi connectivity index (χ1v) is 14.2. The molecule has 0 aliphatic rings. The number of hydrogen-bond acceptors (Lipinski definition) is 5. The van der Waals surface area contributed by atoms with E-state index in [-0.39, 0.29) is 4.90 Å². The summed E-state index contributed by atoms with van der Waals surface area (Å²) in [6.45, 7) is 3.32. The van der Waals surface area contributed by atoms with Gasteiger partial charge >= 0.3 is 0 Å². The molecule has 0 aliphatic heterocycles. The van der Waals surface area contributed by atoms with E-state index in [2.05, 4.69) is 5.32 Å². The predicted molar refractivity (Wildman–Crippen MR) is 140 cm³/mol. The number of benzene rings is 3. The molecule has 0 aromatic heterocycles. The molecule has 0 unspecified atom stereocenters. The lowest BCUT2D eigenvalue weighted by molar-refractivity contribution is -0.114. The summed E-state index contributed by atoms with van der Waals surface area (Å²) in [5.74, 6) is -0.564. The lowest BCUT2D eigenvalue weighted by Crippen LogP contribution is -2.38. The van der Waals surface area contributed by atoms with Crippen molar-refractivity contribution < 1.29 is 21.6 Å². The van der Waals surface area contributed by atoms with Gasteiger partial charge in [-0.2, -0.15) is 0 Å². The van der Waals surface area contributed by atoms with Gasteiger partial charge in [-0.05, 0) is 55.3 Å². The molecular weight excluding hydrogens is 486 g/mol. The number of sulfonamides is 2. The van der Waals surface area contributed by atoms with Gasteiger partial charge in [0.2, 0.25) is 15.9 Å². The quantitative estimate of drug-likeness (QED) is 0.467. The van der Waals surface area contributed by atoms with E-state index in [1.165, 1.54) is 25.2 Å². The Balaban J connectivity index is 1.96. The summed E-state index contributed by atoms with van der Waals surface area (Å²) in [6, 6.07) is 19.9. The van der Waals surface area contributed by atoms with Crippen LogP contribution in [0.3, 0.4) is 0 Å². The fourth-order valence-electron chi connectivity index (χ4n) is 3.49. The van der Waals surface area contributed by atoms with E-state index >= 15 is 0 Å². The van der Waals surface area contributed by atoms with Crippen LogP contribution in [0.1, 0.15) is 18.1 Å². The molecule has 35 heavy (non-hydrogen) atoms. The predicted octanol–water partition coefficient (Wildman–Crippen LogP) is 3.79. The van der Waals surface area contributed by atoms with Crippen LogP contribution in [0.5, 0.6) is 0 Å². The lowest BCUT2D eigenvalue weighted by Gasteiger charge is -2.26. The Morgan fingerprint density at radius 1 is 0.914 bits per heavy atom. The molecule has 0 atom stereocenters. The molecule has 0 saturated carbocycles. The highest BCUT2D eigenvalue weighted by Gasteiger charge is 2.28. The molecule has 10 heteroatoms. The molecule has 1 amide bonds. The van der Waals surface area contributed by atoms with Gasteiger partial charge in [0.1, 0.15) is 6.54 Å². The number of amides is 1. The van der Waals surface area contributed by atoms with Crippen molar-refractivity contribution in [2.45, 2.75) is 25.2 Å². The Morgan fingerprint density at radius 3 is 2.20 bits per heavy atom. The number of carbonyl (C=O) groups excluding carboxylic acids is 1. The third kappa shape index (κ3) is 6.20. The smallest absolute Gasteiger partial charge is 0.264 e. The van der Waals surface area contributed by atoms with Gasteiger partial charge in [-0.3, -0.25) is 13.4 Å². The third-order valence-electron chi connectivity index (χ3n) is 5.53. The number of para-hydroxylation sites is 1. The van der Waals surface area contributed by atoms with Crippen molar-refractivity contribution in [3.63, 3.8) is 0 Å². The Morgan fingerprint density at radius 2 is 1.57 bits per heavy atom. The molecule has 0 fully saturated rings. The van der Waals surface area contributed by atoms with Gasteiger partial charge in [0.25, 0.3) is 10.0 Å². The lowest BCUT2D eigenvalue weighted by atomic mass is 10.1. The summed E-state index contributed by atoms with van der Waals surface area (Å²) < 4.78 is 53.2. The zero-order valence-electron chi connectivity index (χ0n) is 20.1. The van der Waals surface area contributed by atoms with Crippen molar-refractivity contribution in [2.75, 3.05) is 33.8 Å². The number of aryl methyl sites for hydroxylation is 2. The van der Waals surface area contributed by atoms with Crippen molar-refractivity contribution >= 4 is 43.0 Å². The average molecular weight is 516 g/mol. The topological polar surface area (TPSA) is 104 Å². The van der Waals surface area contributed by atoms with Crippen LogP contribution >= 0.6 is 0 Å². The van der Waals surface area contributed by atoms with E-state index in [0.717, 1.165) is 26.0 Å². The second-order valence-corrected chi connectivity index (χ2v) is 12.0. The van der Waals surface area contributed by atoms with Crippen LogP contribution in [-0.4, -0.2) is 42.6 Å². The normalized spacial score (nSPS) is 11.7. The minimum Gasteiger partial charge on any atom is -0.324 e. The Hall–Kier alpha value is -3.37. The molecule has 3 aromatic rings. The summed E-state index contributed by atoms with van der Waals surface area (Å²) in [5.41, 5.74) is 2.84. The molecular formula is C25H29N3O5S2. The summed E-state index contributed by atoms with van der Waals surface area (Å²) >= 11 is 0. The summed E-state index contributed by atoms with van der Waals surface area (Å²) in [5, 5.41) is 2.69. The van der Waals surface area contributed by atoms with Crippen LogP contribution < -0.4 is 13.9 Å². The van der Waals surface area contributed by atoms with E-state index in [9.17, 15) is 21.6 Å². The number of nitrogens with zero attached hydrogens (tertiary/aromatic N) is 2. The average Bonchev–Trinajstić information content (AvgIpc) is 2.81. The van der Waals surface area contributed by atoms with Crippen molar-refractivity contribution in [1.82, 2.24) is 0 Å². The Labute approximate surface area is 207 Å². The zero-order chi connectivity index (χ0) is 25.8. The summed E-state index contributed by atoms with van der Waals surface area (Å²) in [4.78, 5) is 13.1. The second kappa shape index (κ2) is 10.5. The third-order valence-corrected chi connectivity index (χ3v) is 8.51. The highest BCUT2D eigenvalue weighted by Crippen LogP contribution is 2.28.